The minimum Gasteiger partial charge on any atom is -0.442 e. The van der Waals surface area contributed by atoms with Crippen molar-refractivity contribution in [2.24, 2.45) is 0 Å². The fourth-order valence-electron chi connectivity index (χ4n) is 4.28. The Hall–Kier alpha value is -3.69. The third-order valence-electron chi connectivity index (χ3n) is 6.00. The van der Waals surface area contributed by atoms with Crippen LogP contribution < -0.4 is 20.4 Å². The average molecular weight is 470 g/mol. The van der Waals surface area contributed by atoms with Gasteiger partial charge in [0.15, 0.2) is 0 Å². The van der Waals surface area contributed by atoms with Gasteiger partial charge in [0.2, 0.25) is 11.8 Å². The van der Waals surface area contributed by atoms with Crippen molar-refractivity contribution in [1.82, 2.24) is 15.6 Å². The number of hydrogen-bond acceptors (Lipinski definition) is 6. The highest BCUT2D eigenvalue weighted by Crippen LogP contribution is 2.30. The molecule has 0 saturated carbocycles. The van der Waals surface area contributed by atoms with Crippen LogP contribution in [-0.4, -0.2) is 61.2 Å². The maximum absolute atomic E-state index is 15.0. The number of halogens is 1. The smallest absolute Gasteiger partial charge is 0.414 e. The molecule has 2 N–H and O–H groups in total. The summed E-state index contributed by atoms with van der Waals surface area (Å²) < 4.78 is 20.2. The molecule has 3 heterocycles. The molecule has 2 aromatic rings. The lowest BCUT2D eigenvalue weighted by atomic mass is 10.0. The van der Waals surface area contributed by atoms with Gasteiger partial charge in [-0.1, -0.05) is 0 Å². The number of cyclic esters (lactones) is 1. The van der Waals surface area contributed by atoms with Crippen LogP contribution >= 0.6 is 0 Å². The number of nitrogens with one attached hydrogen (secondary N) is 2. The van der Waals surface area contributed by atoms with E-state index in [-0.39, 0.29) is 30.9 Å². The Labute approximate surface area is 197 Å². The van der Waals surface area contributed by atoms with Crippen molar-refractivity contribution in [3.8, 4) is 11.1 Å². The minimum absolute atomic E-state index is 0.0135. The molecule has 0 spiro atoms. The van der Waals surface area contributed by atoms with Gasteiger partial charge in [-0.2, -0.15) is 0 Å². The zero-order chi connectivity index (χ0) is 24.2. The van der Waals surface area contributed by atoms with Gasteiger partial charge in [0.25, 0.3) is 0 Å². The first kappa shape index (κ1) is 23.5. The molecule has 1 aromatic heterocycles. The van der Waals surface area contributed by atoms with Gasteiger partial charge in [0.1, 0.15) is 17.7 Å². The molecule has 1 atom stereocenters. The van der Waals surface area contributed by atoms with E-state index < -0.39 is 18.0 Å². The molecule has 180 valence electrons. The molecule has 3 amide bonds. The number of hydrogen-bond donors (Lipinski definition) is 2. The van der Waals surface area contributed by atoms with Crippen molar-refractivity contribution >= 4 is 29.4 Å². The molecule has 1 aromatic carbocycles. The highest BCUT2D eigenvalue weighted by Gasteiger charge is 2.32. The monoisotopic (exact) mass is 469 g/mol. The van der Waals surface area contributed by atoms with Gasteiger partial charge in [0, 0.05) is 50.3 Å². The van der Waals surface area contributed by atoms with Gasteiger partial charge < -0.3 is 20.3 Å². The SMILES string of the molecule is CC(=O)NC[C@H]1CN(c2ccc(-c3ccc(N4CCC(NC(C)=O)CC4)nc3)c(F)c2)C(=O)O1. The maximum Gasteiger partial charge on any atom is 0.414 e. The van der Waals surface area contributed by atoms with E-state index in [9.17, 15) is 18.8 Å². The van der Waals surface area contributed by atoms with E-state index in [1.54, 1.807) is 18.3 Å². The van der Waals surface area contributed by atoms with Crippen LogP contribution in [0, 0.1) is 5.82 Å². The molecular formula is C24H28FN5O4. The number of carbonyl (C=O) groups is 3. The molecule has 0 aliphatic carbocycles. The first-order valence-electron chi connectivity index (χ1n) is 11.3. The number of piperidine rings is 1. The number of carbonyl (C=O) groups excluding carboxylic acids is 3. The Morgan fingerprint density at radius 2 is 1.91 bits per heavy atom. The summed E-state index contributed by atoms with van der Waals surface area (Å²) in [5.41, 5.74) is 1.41. The summed E-state index contributed by atoms with van der Waals surface area (Å²) >= 11 is 0. The van der Waals surface area contributed by atoms with Crippen molar-refractivity contribution in [3.05, 3.63) is 42.3 Å². The number of anilines is 2. The van der Waals surface area contributed by atoms with Crippen molar-refractivity contribution in [3.63, 3.8) is 0 Å². The Bertz CT molecular complexity index is 1070. The van der Waals surface area contributed by atoms with E-state index in [4.69, 9.17) is 4.74 Å². The second kappa shape index (κ2) is 10.1. The molecule has 0 radical (unpaired) electrons. The van der Waals surface area contributed by atoms with Crippen LogP contribution in [-0.2, 0) is 14.3 Å². The van der Waals surface area contributed by atoms with Crippen LogP contribution in [0.5, 0.6) is 0 Å². The standard InChI is InChI=1S/C24H28FN5O4/c1-15(31)26-13-20-14-30(24(33)34-20)19-4-5-21(22(25)11-19)17-3-6-23(27-12-17)29-9-7-18(8-10-29)28-16(2)32/h3-6,11-12,18,20H,7-10,13-14H2,1-2H3,(H,26,31)(H,28,32)/t20-/m0/s1. The number of rotatable bonds is 6. The summed E-state index contributed by atoms with van der Waals surface area (Å²) in [5, 5.41) is 5.57. The highest BCUT2D eigenvalue weighted by molar-refractivity contribution is 5.90. The van der Waals surface area contributed by atoms with Crippen molar-refractivity contribution < 1.29 is 23.5 Å². The molecule has 34 heavy (non-hydrogen) atoms. The van der Waals surface area contributed by atoms with Crippen LogP contribution in [0.4, 0.5) is 20.7 Å². The third kappa shape index (κ3) is 5.44. The van der Waals surface area contributed by atoms with Crippen LogP contribution in [0.3, 0.4) is 0 Å². The quantitative estimate of drug-likeness (QED) is 0.674. The second-order valence-corrected chi connectivity index (χ2v) is 8.58. The van der Waals surface area contributed by atoms with Crippen molar-refractivity contribution in [2.75, 3.05) is 36.0 Å². The van der Waals surface area contributed by atoms with Crippen LogP contribution in [0.25, 0.3) is 11.1 Å². The van der Waals surface area contributed by atoms with E-state index in [0.29, 0.717) is 16.8 Å². The Morgan fingerprint density at radius 3 is 2.53 bits per heavy atom. The minimum atomic E-state index is -0.573. The van der Waals surface area contributed by atoms with E-state index in [1.807, 2.05) is 12.1 Å². The number of aromatic nitrogens is 1. The fraction of sp³-hybridized carbons (Fsp3) is 0.417. The summed E-state index contributed by atoms with van der Waals surface area (Å²) in [4.78, 5) is 42.5. The van der Waals surface area contributed by atoms with Gasteiger partial charge >= 0.3 is 6.09 Å². The fourth-order valence-corrected chi connectivity index (χ4v) is 4.28. The van der Waals surface area contributed by atoms with E-state index in [1.165, 1.54) is 24.8 Å². The number of pyridine rings is 1. The number of amides is 3. The highest BCUT2D eigenvalue weighted by atomic mass is 19.1. The molecular weight excluding hydrogens is 441 g/mol. The zero-order valence-corrected chi connectivity index (χ0v) is 19.2. The molecule has 2 saturated heterocycles. The average Bonchev–Trinajstić information content (AvgIpc) is 3.18. The first-order chi connectivity index (χ1) is 16.3. The molecule has 2 aliphatic rings. The molecule has 4 rings (SSSR count). The van der Waals surface area contributed by atoms with Gasteiger partial charge in [-0.15, -0.1) is 0 Å². The van der Waals surface area contributed by atoms with E-state index in [0.717, 1.165) is 31.7 Å². The predicted octanol–water partition coefficient (Wildman–Crippen LogP) is 2.45. The molecule has 10 heteroatoms. The summed E-state index contributed by atoms with van der Waals surface area (Å²) in [7, 11) is 0. The Morgan fingerprint density at radius 1 is 1.15 bits per heavy atom. The largest absolute Gasteiger partial charge is 0.442 e. The van der Waals surface area contributed by atoms with Gasteiger partial charge in [-0.25, -0.2) is 14.2 Å². The van der Waals surface area contributed by atoms with Gasteiger partial charge in [-0.3, -0.25) is 14.5 Å². The van der Waals surface area contributed by atoms with Crippen LogP contribution in [0.2, 0.25) is 0 Å². The van der Waals surface area contributed by atoms with E-state index >= 15 is 0 Å². The molecule has 0 unspecified atom stereocenters. The lowest BCUT2D eigenvalue weighted by molar-refractivity contribution is -0.120. The predicted molar refractivity (Wildman–Crippen MR) is 125 cm³/mol. The molecule has 2 fully saturated rings. The van der Waals surface area contributed by atoms with Crippen molar-refractivity contribution in [2.45, 2.75) is 38.8 Å². The number of ether oxygens (including phenoxy) is 1. The first-order valence-corrected chi connectivity index (χ1v) is 11.3. The third-order valence-corrected chi connectivity index (χ3v) is 6.00. The van der Waals surface area contributed by atoms with Crippen LogP contribution in [0.15, 0.2) is 36.5 Å². The van der Waals surface area contributed by atoms with Crippen molar-refractivity contribution in [1.29, 1.82) is 0 Å². The number of nitrogens with zero attached hydrogens (tertiary/aromatic N) is 3. The molecule has 9 nitrogen and oxygen atoms in total. The zero-order valence-electron chi connectivity index (χ0n) is 19.2. The lowest BCUT2D eigenvalue weighted by Crippen LogP contribution is -2.44. The van der Waals surface area contributed by atoms with Gasteiger partial charge in [-0.05, 0) is 43.2 Å². The number of benzene rings is 1. The lowest BCUT2D eigenvalue weighted by Gasteiger charge is -2.33. The molecule has 0 bridgehead atoms. The normalized spacial score (nSPS) is 18.6. The summed E-state index contributed by atoms with van der Waals surface area (Å²) in [5.74, 6) is 0.118. The summed E-state index contributed by atoms with van der Waals surface area (Å²) in [6, 6.07) is 8.47. The maximum atomic E-state index is 15.0. The van der Waals surface area contributed by atoms with Gasteiger partial charge in [0.05, 0.1) is 18.8 Å². The summed E-state index contributed by atoms with van der Waals surface area (Å²) in [6.07, 6.45) is 2.28. The topological polar surface area (TPSA) is 104 Å². The van der Waals surface area contributed by atoms with Crippen LogP contribution in [0.1, 0.15) is 26.7 Å². The summed E-state index contributed by atoms with van der Waals surface area (Å²) in [6.45, 7) is 4.93. The Balaban J connectivity index is 1.40. The Kier molecular flexibility index (Phi) is 6.95. The second-order valence-electron chi connectivity index (χ2n) is 8.58. The molecule has 2 aliphatic heterocycles. The van der Waals surface area contributed by atoms with E-state index in [2.05, 4.69) is 20.5 Å².